The Balaban J connectivity index is 1.19. The van der Waals surface area contributed by atoms with Gasteiger partial charge in [0.25, 0.3) is 0 Å². The van der Waals surface area contributed by atoms with Gasteiger partial charge in [-0.3, -0.25) is 0 Å². The van der Waals surface area contributed by atoms with Gasteiger partial charge in [0.05, 0.1) is 18.3 Å². The van der Waals surface area contributed by atoms with Crippen LogP contribution in [0.15, 0.2) is 75.3 Å². The topological polar surface area (TPSA) is 92.1 Å². The number of carbonyl (C=O) groups excluding carboxylic acids is 1. The van der Waals surface area contributed by atoms with Crippen molar-refractivity contribution in [2.75, 3.05) is 33.3 Å². The molecule has 0 bridgehead atoms. The number of hydrogen-bond acceptors (Lipinski definition) is 5. The van der Waals surface area contributed by atoms with Crippen LogP contribution in [0.2, 0.25) is 0 Å². The zero-order valence-corrected chi connectivity index (χ0v) is 18.4. The Kier molecular flexibility index (Phi) is 5.15. The van der Waals surface area contributed by atoms with Crippen molar-refractivity contribution in [3.8, 4) is 5.75 Å². The van der Waals surface area contributed by atoms with Gasteiger partial charge in [-0.15, -0.1) is 0 Å². The Bertz CT molecular complexity index is 1310. The smallest absolute Gasteiger partial charge is 0.318 e. The molecule has 2 amide bonds. The monoisotopic (exact) mass is 453 g/mol. The Hall–Kier alpha value is -3.30. The van der Waals surface area contributed by atoms with E-state index in [0.717, 1.165) is 27.8 Å². The Morgan fingerprint density at radius 1 is 1.06 bits per heavy atom. The maximum Gasteiger partial charge on any atom is 0.318 e. The van der Waals surface area contributed by atoms with E-state index in [9.17, 15) is 13.2 Å². The summed E-state index contributed by atoms with van der Waals surface area (Å²) in [5.74, 6) is 0.742. The van der Waals surface area contributed by atoms with Gasteiger partial charge in [-0.25, -0.2) is 13.2 Å². The molecule has 3 heterocycles. The number of amides is 2. The maximum atomic E-state index is 13.1. The Morgan fingerprint density at radius 3 is 2.59 bits per heavy atom. The number of benzene rings is 2. The first-order chi connectivity index (χ1) is 15.4. The van der Waals surface area contributed by atoms with E-state index in [0.29, 0.717) is 38.3 Å². The number of ether oxygens (including phenoxy) is 1. The van der Waals surface area contributed by atoms with Crippen LogP contribution in [0.4, 0.5) is 4.79 Å². The molecular formula is C23H23N3O5S. The van der Waals surface area contributed by atoms with Gasteiger partial charge in [0, 0.05) is 38.1 Å². The van der Waals surface area contributed by atoms with Crippen LogP contribution < -0.4 is 10.1 Å². The Labute approximate surface area is 186 Å². The molecule has 0 saturated heterocycles. The highest BCUT2D eigenvalue weighted by Gasteiger charge is 2.37. The van der Waals surface area contributed by atoms with Gasteiger partial charge in [-0.2, -0.15) is 4.31 Å². The van der Waals surface area contributed by atoms with Gasteiger partial charge >= 0.3 is 6.03 Å². The highest BCUT2D eigenvalue weighted by molar-refractivity contribution is 7.89. The molecule has 0 fully saturated rings. The summed E-state index contributed by atoms with van der Waals surface area (Å²) in [7, 11) is -2.02. The summed E-state index contributed by atoms with van der Waals surface area (Å²) in [5, 5.41) is 3.68. The fourth-order valence-corrected chi connectivity index (χ4v) is 5.65. The first kappa shape index (κ1) is 20.6. The predicted octanol–water partition coefficient (Wildman–Crippen LogP) is 2.97. The number of urea groups is 1. The lowest BCUT2D eigenvalue weighted by Gasteiger charge is -2.23. The van der Waals surface area contributed by atoms with Gasteiger partial charge in [-0.05, 0) is 53.1 Å². The summed E-state index contributed by atoms with van der Waals surface area (Å²) in [5.41, 5.74) is 3.59. The van der Waals surface area contributed by atoms with Crippen LogP contribution in [0.1, 0.15) is 5.56 Å². The molecule has 0 spiro atoms. The first-order valence-electron chi connectivity index (χ1n) is 10.3. The zero-order valence-electron chi connectivity index (χ0n) is 17.6. The van der Waals surface area contributed by atoms with E-state index in [1.165, 1.54) is 4.31 Å². The van der Waals surface area contributed by atoms with Crippen molar-refractivity contribution in [1.29, 1.82) is 0 Å². The van der Waals surface area contributed by atoms with Gasteiger partial charge in [0.2, 0.25) is 10.0 Å². The standard InChI is InChI=1S/C23H23N3O5S/c1-30-20-4-2-3-16(9-20)11-24-23(27)25-12-18-14-26(15-19(18)13-25)32(28,29)21-5-6-22-17(10-21)7-8-31-22/h2-10H,11-15H2,1H3,(H,24,27). The fraction of sp³-hybridized carbons (Fsp3) is 0.261. The van der Waals surface area contributed by atoms with Crippen molar-refractivity contribution in [3.63, 3.8) is 0 Å². The SMILES string of the molecule is COc1cccc(CNC(=O)N2CC3=C(C2)CN(S(=O)(=O)c2ccc4occc4c2)C3)c1. The normalized spacial score (nSPS) is 16.6. The number of furan rings is 1. The molecule has 166 valence electrons. The molecule has 2 aliphatic rings. The first-order valence-corrected chi connectivity index (χ1v) is 11.7. The average Bonchev–Trinajstić information content (AvgIpc) is 3.51. The molecule has 3 aromatic rings. The van der Waals surface area contributed by atoms with E-state index in [2.05, 4.69) is 5.32 Å². The summed E-state index contributed by atoms with van der Waals surface area (Å²) in [4.78, 5) is 14.6. The molecular weight excluding hydrogens is 430 g/mol. The summed E-state index contributed by atoms with van der Waals surface area (Å²) in [6.07, 6.45) is 1.54. The predicted molar refractivity (Wildman–Crippen MR) is 119 cm³/mol. The lowest BCUT2D eigenvalue weighted by atomic mass is 10.2. The molecule has 9 heteroatoms. The second kappa shape index (κ2) is 7.99. The van der Waals surface area contributed by atoms with Crippen molar-refractivity contribution in [2.45, 2.75) is 11.4 Å². The summed E-state index contributed by atoms with van der Waals surface area (Å²) in [6, 6.07) is 14.0. The average molecular weight is 454 g/mol. The summed E-state index contributed by atoms with van der Waals surface area (Å²) < 4.78 is 38.2. The number of rotatable bonds is 5. The molecule has 1 aromatic heterocycles. The minimum atomic E-state index is -3.62. The van der Waals surface area contributed by atoms with E-state index in [1.54, 1.807) is 42.5 Å². The van der Waals surface area contributed by atoms with Crippen LogP contribution in [-0.2, 0) is 16.6 Å². The van der Waals surface area contributed by atoms with Crippen LogP contribution in [0.25, 0.3) is 11.0 Å². The molecule has 5 rings (SSSR count). The van der Waals surface area contributed by atoms with Crippen molar-refractivity contribution in [1.82, 2.24) is 14.5 Å². The van der Waals surface area contributed by atoms with E-state index in [-0.39, 0.29) is 10.9 Å². The molecule has 0 radical (unpaired) electrons. The van der Waals surface area contributed by atoms with Crippen molar-refractivity contribution >= 4 is 27.0 Å². The van der Waals surface area contributed by atoms with E-state index in [4.69, 9.17) is 9.15 Å². The van der Waals surface area contributed by atoms with Crippen LogP contribution in [-0.4, -0.2) is 56.9 Å². The summed E-state index contributed by atoms with van der Waals surface area (Å²) in [6.45, 7) is 1.88. The highest BCUT2D eigenvalue weighted by Crippen LogP contribution is 2.31. The number of nitrogens with one attached hydrogen (secondary N) is 1. The molecule has 1 N–H and O–H groups in total. The molecule has 0 atom stereocenters. The Morgan fingerprint density at radius 2 is 1.84 bits per heavy atom. The molecule has 0 aliphatic carbocycles. The van der Waals surface area contributed by atoms with E-state index in [1.807, 2.05) is 24.3 Å². The number of hydrogen-bond donors (Lipinski definition) is 1. The molecule has 0 saturated carbocycles. The molecule has 32 heavy (non-hydrogen) atoms. The third-order valence-electron chi connectivity index (χ3n) is 5.92. The van der Waals surface area contributed by atoms with Gasteiger partial charge in [0.15, 0.2) is 0 Å². The minimum Gasteiger partial charge on any atom is -0.497 e. The second-order valence-electron chi connectivity index (χ2n) is 7.97. The molecule has 0 unspecified atom stereocenters. The minimum absolute atomic E-state index is 0.165. The van der Waals surface area contributed by atoms with E-state index >= 15 is 0 Å². The maximum absolute atomic E-state index is 13.1. The number of fused-ring (bicyclic) bond motifs is 1. The number of nitrogens with zero attached hydrogens (tertiary/aromatic N) is 2. The molecule has 8 nitrogen and oxygen atoms in total. The lowest BCUT2D eigenvalue weighted by Crippen LogP contribution is -2.41. The third kappa shape index (κ3) is 3.74. The largest absolute Gasteiger partial charge is 0.497 e. The number of carbonyl (C=O) groups is 1. The second-order valence-corrected chi connectivity index (χ2v) is 9.90. The van der Waals surface area contributed by atoms with Crippen LogP contribution >= 0.6 is 0 Å². The molecule has 2 aromatic carbocycles. The van der Waals surface area contributed by atoms with Crippen molar-refractivity contribution in [2.24, 2.45) is 0 Å². The highest BCUT2D eigenvalue weighted by atomic mass is 32.2. The number of methoxy groups -OCH3 is 1. The van der Waals surface area contributed by atoms with Crippen molar-refractivity contribution in [3.05, 3.63) is 71.5 Å². The number of sulfonamides is 1. The van der Waals surface area contributed by atoms with Gasteiger partial charge in [0.1, 0.15) is 11.3 Å². The third-order valence-corrected chi connectivity index (χ3v) is 7.71. The molecule has 2 aliphatic heterocycles. The fourth-order valence-electron chi connectivity index (χ4n) is 4.19. The van der Waals surface area contributed by atoms with Crippen molar-refractivity contribution < 1.29 is 22.4 Å². The zero-order chi connectivity index (χ0) is 22.3. The van der Waals surface area contributed by atoms with Crippen LogP contribution in [0, 0.1) is 0 Å². The quantitative estimate of drug-likeness (QED) is 0.600. The van der Waals surface area contributed by atoms with Crippen LogP contribution in [0.3, 0.4) is 0 Å². The van der Waals surface area contributed by atoms with Gasteiger partial charge < -0.3 is 19.4 Å². The van der Waals surface area contributed by atoms with Crippen LogP contribution in [0.5, 0.6) is 5.75 Å². The lowest BCUT2D eigenvalue weighted by molar-refractivity contribution is 0.208. The van der Waals surface area contributed by atoms with Gasteiger partial charge in [-0.1, -0.05) is 12.1 Å². The van der Waals surface area contributed by atoms with E-state index < -0.39 is 10.0 Å². The summed E-state index contributed by atoms with van der Waals surface area (Å²) >= 11 is 0.